The van der Waals surface area contributed by atoms with E-state index in [1.165, 1.54) is 23.3 Å². The van der Waals surface area contributed by atoms with Gasteiger partial charge in [0.15, 0.2) is 0 Å². The van der Waals surface area contributed by atoms with Gasteiger partial charge in [0.05, 0.1) is 11.1 Å². The fraction of sp³-hybridized carbons (Fsp3) is 0.571. The summed E-state index contributed by atoms with van der Waals surface area (Å²) in [7, 11) is 0. The SMILES string of the molecule is O=C(CCn1cc([N+](=O)[O-])ccc1=O)NC1CCCCC1. The normalized spacial score (nSPS) is 15.6. The van der Waals surface area contributed by atoms with E-state index in [0.717, 1.165) is 31.7 Å². The van der Waals surface area contributed by atoms with E-state index in [0.29, 0.717) is 0 Å². The van der Waals surface area contributed by atoms with Crippen LogP contribution in [0.25, 0.3) is 0 Å². The van der Waals surface area contributed by atoms with E-state index >= 15 is 0 Å². The zero-order chi connectivity index (χ0) is 15.2. The maximum atomic E-state index is 11.9. The van der Waals surface area contributed by atoms with Gasteiger partial charge in [-0.1, -0.05) is 19.3 Å². The van der Waals surface area contributed by atoms with Gasteiger partial charge in [0.25, 0.3) is 11.2 Å². The molecular formula is C14H19N3O4. The molecule has 0 bridgehead atoms. The van der Waals surface area contributed by atoms with E-state index in [1.54, 1.807) is 0 Å². The molecule has 0 aromatic carbocycles. The Balaban J connectivity index is 1.90. The molecule has 1 aliphatic carbocycles. The summed E-state index contributed by atoms with van der Waals surface area (Å²) in [4.78, 5) is 33.6. The summed E-state index contributed by atoms with van der Waals surface area (Å²) in [6.45, 7) is 0.152. The summed E-state index contributed by atoms with van der Waals surface area (Å²) >= 11 is 0. The first-order valence-electron chi connectivity index (χ1n) is 7.20. The number of hydrogen-bond donors (Lipinski definition) is 1. The Morgan fingerprint density at radius 3 is 2.71 bits per heavy atom. The Labute approximate surface area is 122 Å². The van der Waals surface area contributed by atoms with Crippen LogP contribution in [0, 0.1) is 10.1 Å². The van der Waals surface area contributed by atoms with Crippen molar-refractivity contribution >= 4 is 11.6 Å². The van der Waals surface area contributed by atoms with Crippen LogP contribution in [0.2, 0.25) is 0 Å². The Hall–Kier alpha value is -2.18. The Bertz CT molecular complexity index is 576. The summed E-state index contributed by atoms with van der Waals surface area (Å²) in [6, 6.07) is 2.55. The maximum absolute atomic E-state index is 11.9. The molecule has 1 aromatic rings. The van der Waals surface area contributed by atoms with Crippen LogP contribution in [0.4, 0.5) is 5.69 Å². The zero-order valence-electron chi connectivity index (χ0n) is 11.8. The lowest BCUT2D eigenvalue weighted by Crippen LogP contribution is -2.37. The molecule has 2 rings (SSSR count). The summed E-state index contributed by atoms with van der Waals surface area (Å²) in [5.41, 5.74) is -0.492. The van der Waals surface area contributed by atoms with Gasteiger partial charge in [0, 0.05) is 31.1 Å². The lowest BCUT2D eigenvalue weighted by Gasteiger charge is -2.22. The first kappa shape index (κ1) is 15.2. The van der Waals surface area contributed by atoms with Crippen molar-refractivity contribution in [1.29, 1.82) is 0 Å². The second-order valence-corrected chi connectivity index (χ2v) is 5.33. The van der Waals surface area contributed by atoms with Crippen molar-refractivity contribution < 1.29 is 9.72 Å². The Kier molecular flexibility index (Phi) is 5.08. The molecule has 0 saturated heterocycles. The molecule has 0 atom stereocenters. The fourth-order valence-corrected chi connectivity index (χ4v) is 2.57. The third-order valence-electron chi connectivity index (χ3n) is 3.73. The number of amides is 1. The smallest absolute Gasteiger partial charge is 0.285 e. The van der Waals surface area contributed by atoms with Gasteiger partial charge >= 0.3 is 0 Å². The zero-order valence-corrected chi connectivity index (χ0v) is 11.8. The number of pyridine rings is 1. The molecule has 0 unspecified atom stereocenters. The molecular weight excluding hydrogens is 274 g/mol. The molecule has 1 fully saturated rings. The molecule has 1 N–H and O–H groups in total. The molecule has 114 valence electrons. The van der Waals surface area contributed by atoms with Crippen molar-refractivity contribution in [2.45, 2.75) is 51.1 Å². The van der Waals surface area contributed by atoms with Crippen molar-refractivity contribution in [3.05, 3.63) is 38.8 Å². The number of carbonyl (C=O) groups is 1. The average molecular weight is 293 g/mol. The number of aryl methyl sites for hydroxylation is 1. The molecule has 21 heavy (non-hydrogen) atoms. The van der Waals surface area contributed by atoms with Gasteiger partial charge in [0.2, 0.25) is 5.91 Å². The highest BCUT2D eigenvalue weighted by Gasteiger charge is 2.16. The van der Waals surface area contributed by atoms with Crippen molar-refractivity contribution in [2.75, 3.05) is 0 Å². The van der Waals surface area contributed by atoms with Crippen LogP contribution >= 0.6 is 0 Å². The highest BCUT2D eigenvalue weighted by atomic mass is 16.6. The number of nitro groups is 1. The molecule has 1 aromatic heterocycles. The number of hydrogen-bond acceptors (Lipinski definition) is 4. The highest BCUT2D eigenvalue weighted by Crippen LogP contribution is 2.17. The maximum Gasteiger partial charge on any atom is 0.285 e. The number of nitrogens with zero attached hydrogens (tertiary/aromatic N) is 2. The van der Waals surface area contributed by atoms with Crippen LogP contribution in [0.5, 0.6) is 0 Å². The predicted octanol–water partition coefficient (Wildman–Crippen LogP) is 1.60. The van der Waals surface area contributed by atoms with Gasteiger partial charge in [-0.05, 0) is 12.8 Å². The molecule has 7 heteroatoms. The summed E-state index contributed by atoms with van der Waals surface area (Å²) < 4.78 is 1.21. The van der Waals surface area contributed by atoms with Crippen molar-refractivity contribution in [1.82, 2.24) is 9.88 Å². The largest absolute Gasteiger partial charge is 0.353 e. The Morgan fingerprint density at radius 2 is 2.05 bits per heavy atom. The third-order valence-corrected chi connectivity index (χ3v) is 3.73. The number of carbonyl (C=O) groups excluding carboxylic acids is 1. The topological polar surface area (TPSA) is 94.2 Å². The van der Waals surface area contributed by atoms with E-state index in [4.69, 9.17) is 0 Å². The van der Waals surface area contributed by atoms with Crippen molar-refractivity contribution in [3.63, 3.8) is 0 Å². The second kappa shape index (κ2) is 7.01. The van der Waals surface area contributed by atoms with Crippen LogP contribution in [-0.2, 0) is 11.3 Å². The lowest BCUT2D eigenvalue weighted by atomic mass is 9.95. The lowest BCUT2D eigenvalue weighted by molar-refractivity contribution is -0.385. The van der Waals surface area contributed by atoms with Gasteiger partial charge in [0.1, 0.15) is 0 Å². The average Bonchev–Trinajstić information content (AvgIpc) is 2.47. The predicted molar refractivity (Wildman–Crippen MR) is 77.0 cm³/mol. The third kappa shape index (κ3) is 4.40. The van der Waals surface area contributed by atoms with Crippen molar-refractivity contribution in [2.24, 2.45) is 0 Å². The van der Waals surface area contributed by atoms with E-state index in [2.05, 4.69) is 5.32 Å². The highest BCUT2D eigenvalue weighted by molar-refractivity contribution is 5.76. The molecule has 1 saturated carbocycles. The second-order valence-electron chi connectivity index (χ2n) is 5.33. The standard InChI is InChI=1S/C14H19N3O4/c18-13(15-11-4-2-1-3-5-11)8-9-16-10-12(17(20)21)6-7-14(16)19/h6-7,10-11H,1-5,8-9H2,(H,15,18). The quantitative estimate of drug-likeness (QED) is 0.659. The minimum Gasteiger partial charge on any atom is -0.353 e. The van der Waals surface area contributed by atoms with Gasteiger partial charge in [-0.3, -0.25) is 19.7 Å². The minimum atomic E-state index is -0.558. The molecule has 1 aliphatic rings. The molecule has 0 radical (unpaired) electrons. The summed E-state index contributed by atoms with van der Waals surface area (Å²) in [5.74, 6) is -0.111. The van der Waals surface area contributed by atoms with Crippen LogP contribution < -0.4 is 10.9 Å². The first-order valence-corrected chi connectivity index (χ1v) is 7.20. The monoisotopic (exact) mass is 293 g/mol. The summed E-state index contributed by atoms with van der Waals surface area (Å²) in [5, 5.41) is 13.6. The Morgan fingerprint density at radius 1 is 1.33 bits per heavy atom. The minimum absolute atomic E-state index is 0.111. The first-order chi connectivity index (χ1) is 10.1. The van der Waals surface area contributed by atoms with Gasteiger partial charge < -0.3 is 9.88 Å². The van der Waals surface area contributed by atoms with Crippen LogP contribution in [0.3, 0.4) is 0 Å². The molecule has 0 spiro atoms. The number of nitrogens with one attached hydrogen (secondary N) is 1. The number of aromatic nitrogens is 1. The van der Waals surface area contributed by atoms with E-state index in [1.807, 2.05) is 0 Å². The number of rotatable bonds is 5. The van der Waals surface area contributed by atoms with Crippen LogP contribution in [0.15, 0.2) is 23.1 Å². The van der Waals surface area contributed by atoms with Gasteiger partial charge in [-0.2, -0.15) is 0 Å². The van der Waals surface area contributed by atoms with Crippen LogP contribution in [-0.4, -0.2) is 21.4 Å². The molecule has 7 nitrogen and oxygen atoms in total. The van der Waals surface area contributed by atoms with E-state index in [-0.39, 0.29) is 36.2 Å². The van der Waals surface area contributed by atoms with Gasteiger partial charge in [-0.15, -0.1) is 0 Å². The molecule has 1 amide bonds. The van der Waals surface area contributed by atoms with E-state index < -0.39 is 4.92 Å². The van der Waals surface area contributed by atoms with Crippen LogP contribution in [0.1, 0.15) is 38.5 Å². The van der Waals surface area contributed by atoms with Crippen molar-refractivity contribution in [3.8, 4) is 0 Å². The molecule has 1 heterocycles. The fourth-order valence-electron chi connectivity index (χ4n) is 2.57. The molecule has 0 aliphatic heterocycles. The van der Waals surface area contributed by atoms with E-state index in [9.17, 15) is 19.7 Å². The summed E-state index contributed by atoms with van der Waals surface area (Å²) in [6.07, 6.45) is 6.82. The van der Waals surface area contributed by atoms with Gasteiger partial charge in [-0.25, -0.2) is 0 Å².